The second kappa shape index (κ2) is 4.72. The van der Waals surface area contributed by atoms with E-state index < -0.39 is 17.6 Å². The van der Waals surface area contributed by atoms with Crippen molar-refractivity contribution in [2.75, 3.05) is 0 Å². The van der Waals surface area contributed by atoms with E-state index in [0.717, 1.165) is 6.07 Å². The van der Waals surface area contributed by atoms with E-state index in [9.17, 15) is 17.6 Å². The fraction of sp³-hybridized carbons (Fsp3) is 0.167. The molecule has 1 N–H and O–H groups in total. The van der Waals surface area contributed by atoms with Gasteiger partial charge in [0.25, 0.3) is 0 Å². The number of benzene rings is 1. The van der Waals surface area contributed by atoms with Crippen molar-refractivity contribution in [3.05, 3.63) is 41.5 Å². The van der Waals surface area contributed by atoms with Crippen molar-refractivity contribution < 1.29 is 17.6 Å². The van der Waals surface area contributed by atoms with Gasteiger partial charge in [-0.05, 0) is 18.2 Å². The van der Waals surface area contributed by atoms with E-state index in [1.807, 2.05) is 6.07 Å². The van der Waals surface area contributed by atoms with Gasteiger partial charge in [0.1, 0.15) is 11.6 Å². The highest BCUT2D eigenvalue weighted by Crippen LogP contribution is 2.33. The Morgan fingerprint density at radius 2 is 2.05 bits per heavy atom. The van der Waals surface area contributed by atoms with Crippen molar-refractivity contribution >= 4 is 0 Å². The lowest BCUT2D eigenvalue weighted by Gasteiger charge is -2.08. The number of hydrogen-bond donors (Lipinski definition) is 1. The third-order valence-corrected chi connectivity index (χ3v) is 2.44. The number of aromatic amines is 1. The molecule has 0 saturated carbocycles. The van der Waals surface area contributed by atoms with Crippen molar-refractivity contribution in [2.24, 2.45) is 0 Å². The fourth-order valence-electron chi connectivity index (χ4n) is 1.57. The average Bonchev–Trinajstić information content (AvgIpc) is 2.77. The number of hydrogen-bond acceptors (Lipinski definition) is 2. The van der Waals surface area contributed by atoms with Gasteiger partial charge in [-0.3, -0.25) is 0 Å². The van der Waals surface area contributed by atoms with Crippen molar-refractivity contribution in [1.29, 1.82) is 5.26 Å². The Morgan fingerprint density at radius 3 is 2.68 bits per heavy atom. The molecule has 0 bridgehead atoms. The summed E-state index contributed by atoms with van der Waals surface area (Å²) in [5.41, 5.74) is -0.753. The van der Waals surface area contributed by atoms with Crippen molar-refractivity contribution in [3.8, 4) is 17.5 Å². The molecule has 19 heavy (non-hydrogen) atoms. The second-order valence-corrected chi connectivity index (χ2v) is 3.78. The van der Waals surface area contributed by atoms with E-state index >= 15 is 0 Å². The number of rotatable bonds is 2. The normalized spacial score (nSPS) is 11.3. The fourth-order valence-corrected chi connectivity index (χ4v) is 1.57. The van der Waals surface area contributed by atoms with E-state index in [-0.39, 0.29) is 17.8 Å². The highest BCUT2D eigenvalue weighted by Gasteiger charge is 2.34. The standard InChI is InChI=1S/C12H7F4N3/c13-10-2-1-7(5-9(10)12(14,15)16)11-18-6-8(19-11)3-4-17/h1-2,5-6H,3H2,(H,18,19). The zero-order chi connectivity index (χ0) is 14.0. The maximum atomic E-state index is 13.1. The molecule has 0 unspecified atom stereocenters. The van der Waals surface area contributed by atoms with Crippen molar-refractivity contribution in [1.82, 2.24) is 9.97 Å². The maximum absolute atomic E-state index is 13.1. The van der Waals surface area contributed by atoms with Crippen LogP contribution in [0.15, 0.2) is 24.4 Å². The van der Waals surface area contributed by atoms with Crippen LogP contribution in [0.5, 0.6) is 0 Å². The van der Waals surface area contributed by atoms with Gasteiger partial charge >= 0.3 is 6.18 Å². The van der Waals surface area contributed by atoms with Crippen LogP contribution in [0.1, 0.15) is 11.3 Å². The van der Waals surface area contributed by atoms with Gasteiger partial charge in [0.2, 0.25) is 0 Å². The first-order chi connectivity index (χ1) is 8.91. The molecule has 0 amide bonds. The number of alkyl halides is 3. The molecule has 0 aliphatic carbocycles. The third kappa shape index (κ3) is 2.73. The lowest BCUT2D eigenvalue weighted by atomic mass is 10.1. The number of H-pyrrole nitrogens is 1. The molecule has 98 valence electrons. The van der Waals surface area contributed by atoms with Crippen molar-refractivity contribution in [3.63, 3.8) is 0 Å². The third-order valence-electron chi connectivity index (χ3n) is 2.44. The van der Waals surface area contributed by atoms with E-state index in [1.165, 1.54) is 12.3 Å². The summed E-state index contributed by atoms with van der Waals surface area (Å²) in [6.45, 7) is 0. The number of nitrogens with zero attached hydrogens (tertiary/aromatic N) is 2. The van der Waals surface area contributed by atoms with Crippen LogP contribution in [0.3, 0.4) is 0 Å². The van der Waals surface area contributed by atoms with Gasteiger partial charge in [0.15, 0.2) is 0 Å². The minimum Gasteiger partial charge on any atom is -0.341 e. The zero-order valence-corrected chi connectivity index (χ0v) is 9.42. The molecule has 0 spiro atoms. The summed E-state index contributed by atoms with van der Waals surface area (Å²) in [4.78, 5) is 6.57. The van der Waals surface area contributed by atoms with E-state index in [1.54, 1.807) is 0 Å². The topological polar surface area (TPSA) is 52.5 Å². The molecule has 1 aromatic heterocycles. The van der Waals surface area contributed by atoms with Crippen LogP contribution in [0.25, 0.3) is 11.4 Å². The first-order valence-electron chi connectivity index (χ1n) is 5.20. The Hall–Kier alpha value is -2.36. The lowest BCUT2D eigenvalue weighted by Crippen LogP contribution is -2.08. The summed E-state index contributed by atoms with van der Waals surface area (Å²) >= 11 is 0. The molecule has 1 heterocycles. The number of nitriles is 1. The van der Waals surface area contributed by atoms with Crippen LogP contribution in [-0.2, 0) is 12.6 Å². The summed E-state index contributed by atoms with van der Waals surface area (Å²) in [7, 11) is 0. The second-order valence-electron chi connectivity index (χ2n) is 3.78. The summed E-state index contributed by atoms with van der Waals surface area (Å²) in [5.74, 6) is -1.17. The molecule has 1 aromatic carbocycles. The minimum absolute atomic E-state index is 0.0698. The molecule has 7 heteroatoms. The zero-order valence-electron chi connectivity index (χ0n) is 9.42. The molecule has 0 radical (unpaired) electrons. The van der Waals surface area contributed by atoms with Crippen LogP contribution in [0.2, 0.25) is 0 Å². The first kappa shape index (κ1) is 13.1. The summed E-state index contributed by atoms with van der Waals surface area (Å²) in [6, 6.07) is 4.50. The van der Waals surface area contributed by atoms with Crippen LogP contribution in [-0.4, -0.2) is 9.97 Å². The number of aromatic nitrogens is 2. The van der Waals surface area contributed by atoms with Crippen LogP contribution >= 0.6 is 0 Å². The Balaban J connectivity index is 2.43. The van der Waals surface area contributed by atoms with E-state index in [0.29, 0.717) is 11.8 Å². The highest BCUT2D eigenvalue weighted by molar-refractivity contribution is 5.57. The Labute approximate surface area is 105 Å². The van der Waals surface area contributed by atoms with E-state index in [2.05, 4.69) is 9.97 Å². The largest absolute Gasteiger partial charge is 0.419 e. The van der Waals surface area contributed by atoms with Gasteiger partial charge in [-0.25, -0.2) is 9.37 Å². The lowest BCUT2D eigenvalue weighted by molar-refractivity contribution is -0.139. The Kier molecular flexibility index (Phi) is 3.25. The van der Waals surface area contributed by atoms with Gasteiger partial charge in [-0.15, -0.1) is 0 Å². The summed E-state index contributed by atoms with van der Waals surface area (Å²) in [5, 5.41) is 8.49. The highest BCUT2D eigenvalue weighted by atomic mass is 19.4. The predicted molar refractivity (Wildman–Crippen MR) is 58.3 cm³/mol. The monoisotopic (exact) mass is 269 g/mol. The Bertz CT molecular complexity index is 637. The molecule has 0 saturated heterocycles. The molecule has 3 nitrogen and oxygen atoms in total. The average molecular weight is 269 g/mol. The van der Waals surface area contributed by atoms with Gasteiger partial charge in [-0.2, -0.15) is 18.4 Å². The minimum atomic E-state index is -4.76. The molecule has 0 atom stereocenters. The molecular weight excluding hydrogens is 262 g/mol. The van der Waals surface area contributed by atoms with Gasteiger partial charge in [-0.1, -0.05) is 0 Å². The maximum Gasteiger partial charge on any atom is 0.419 e. The molecule has 0 fully saturated rings. The van der Waals surface area contributed by atoms with Crippen LogP contribution in [0, 0.1) is 17.1 Å². The molecule has 0 aliphatic heterocycles. The number of imidazole rings is 1. The first-order valence-corrected chi connectivity index (χ1v) is 5.20. The quantitative estimate of drug-likeness (QED) is 0.850. The van der Waals surface area contributed by atoms with E-state index in [4.69, 9.17) is 5.26 Å². The number of halogens is 4. The SMILES string of the molecule is N#CCc1cnc(-c2ccc(F)c(C(F)(F)F)c2)[nH]1. The predicted octanol–water partition coefficient (Wildman–Crippen LogP) is 3.30. The summed E-state index contributed by atoms with van der Waals surface area (Å²) in [6.07, 6.45) is -3.34. The van der Waals surface area contributed by atoms with Gasteiger partial charge < -0.3 is 4.98 Å². The van der Waals surface area contributed by atoms with Crippen LogP contribution < -0.4 is 0 Å². The van der Waals surface area contributed by atoms with Gasteiger partial charge in [0.05, 0.1) is 18.1 Å². The molecule has 2 aromatic rings. The van der Waals surface area contributed by atoms with Crippen molar-refractivity contribution in [2.45, 2.75) is 12.6 Å². The molecule has 2 rings (SSSR count). The molecular formula is C12H7F4N3. The molecule has 0 aliphatic rings. The van der Waals surface area contributed by atoms with Crippen LogP contribution in [0.4, 0.5) is 17.6 Å². The summed E-state index contributed by atoms with van der Waals surface area (Å²) < 4.78 is 50.8. The Morgan fingerprint density at radius 1 is 1.32 bits per heavy atom. The number of nitrogens with one attached hydrogen (secondary N) is 1. The van der Waals surface area contributed by atoms with Gasteiger partial charge in [0, 0.05) is 17.5 Å². The smallest absolute Gasteiger partial charge is 0.341 e.